The van der Waals surface area contributed by atoms with Crippen LogP contribution in [0.2, 0.25) is 0 Å². The van der Waals surface area contributed by atoms with Crippen LogP contribution in [0.3, 0.4) is 0 Å². The summed E-state index contributed by atoms with van der Waals surface area (Å²) in [5.74, 6) is 0.639. The second-order valence-electron chi connectivity index (χ2n) is 5.18. The summed E-state index contributed by atoms with van der Waals surface area (Å²) in [4.78, 5) is 16.8. The molecule has 2 rings (SSSR count). The maximum absolute atomic E-state index is 12.3. The lowest BCUT2D eigenvalue weighted by molar-refractivity contribution is -0.138. The number of halogens is 2. The van der Waals surface area contributed by atoms with Gasteiger partial charge in [-0.05, 0) is 25.9 Å². The number of carbonyl (C=O) groups is 1. The van der Waals surface area contributed by atoms with Crippen LogP contribution in [0.25, 0.3) is 0 Å². The fourth-order valence-corrected chi connectivity index (χ4v) is 2.74. The van der Waals surface area contributed by atoms with Crippen molar-refractivity contribution in [1.82, 2.24) is 15.1 Å². The number of piperidine rings is 1. The van der Waals surface area contributed by atoms with Gasteiger partial charge in [-0.15, -0.1) is 24.8 Å². The van der Waals surface area contributed by atoms with Crippen molar-refractivity contribution in [1.29, 1.82) is 0 Å². The quantitative estimate of drug-likeness (QED) is 0.822. The van der Waals surface area contributed by atoms with E-state index in [0.29, 0.717) is 5.91 Å². The Bertz CT molecular complexity index is 268. The Hall–Kier alpha value is -0.0700. The number of hydrogen-bond acceptors (Lipinski definition) is 4. The summed E-state index contributed by atoms with van der Waals surface area (Å²) in [5.41, 5.74) is 0. The average molecular weight is 328 g/mol. The molecule has 0 atom stereocenters. The van der Waals surface area contributed by atoms with Gasteiger partial charge in [0.2, 0.25) is 5.91 Å². The molecule has 2 fully saturated rings. The Morgan fingerprint density at radius 2 is 1.75 bits per heavy atom. The zero-order valence-corrected chi connectivity index (χ0v) is 13.8. The lowest BCUT2D eigenvalue weighted by atomic mass is 9.96. The van der Waals surface area contributed by atoms with E-state index in [2.05, 4.69) is 15.1 Å². The molecule has 20 heavy (non-hydrogen) atoms. The third-order valence-electron chi connectivity index (χ3n) is 3.98. The molecule has 0 radical (unpaired) electrons. The summed E-state index contributed by atoms with van der Waals surface area (Å²) in [6.07, 6.45) is 2.01. The number of methoxy groups -OCH3 is 1. The summed E-state index contributed by atoms with van der Waals surface area (Å²) in [6, 6.07) is 0. The zero-order valence-electron chi connectivity index (χ0n) is 12.2. The summed E-state index contributed by atoms with van der Waals surface area (Å²) < 4.78 is 5.08. The van der Waals surface area contributed by atoms with Crippen molar-refractivity contribution in [2.45, 2.75) is 12.8 Å². The third kappa shape index (κ3) is 5.74. The van der Waals surface area contributed by atoms with E-state index in [1.54, 1.807) is 7.11 Å². The number of nitrogens with one attached hydrogen (secondary N) is 1. The molecule has 2 heterocycles. The number of amides is 1. The van der Waals surface area contributed by atoms with Gasteiger partial charge in [-0.3, -0.25) is 9.69 Å². The van der Waals surface area contributed by atoms with Crippen LogP contribution < -0.4 is 5.32 Å². The van der Waals surface area contributed by atoms with E-state index < -0.39 is 0 Å². The van der Waals surface area contributed by atoms with Crippen LogP contribution in [0.4, 0.5) is 0 Å². The molecule has 120 valence electrons. The molecule has 0 bridgehead atoms. The Morgan fingerprint density at radius 1 is 1.15 bits per heavy atom. The van der Waals surface area contributed by atoms with E-state index in [-0.39, 0.29) is 30.7 Å². The van der Waals surface area contributed by atoms with Crippen LogP contribution in [0, 0.1) is 5.92 Å². The minimum absolute atomic E-state index is 0. The second-order valence-corrected chi connectivity index (χ2v) is 5.18. The molecule has 1 amide bonds. The maximum Gasteiger partial charge on any atom is 0.225 e. The molecule has 0 aliphatic carbocycles. The van der Waals surface area contributed by atoms with E-state index >= 15 is 0 Å². The molecule has 0 aromatic heterocycles. The fourth-order valence-electron chi connectivity index (χ4n) is 2.74. The van der Waals surface area contributed by atoms with Crippen molar-refractivity contribution >= 4 is 30.7 Å². The molecular weight excluding hydrogens is 301 g/mol. The molecule has 0 unspecified atom stereocenters. The van der Waals surface area contributed by atoms with E-state index in [9.17, 15) is 4.79 Å². The van der Waals surface area contributed by atoms with Crippen LogP contribution in [-0.4, -0.2) is 75.2 Å². The van der Waals surface area contributed by atoms with Crippen LogP contribution in [0.15, 0.2) is 0 Å². The monoisotopic (exact) mass is 327 g/mol. The Labute approximate surface area is 134 Å². The lowest BCUT2D eigenvalue weighted by Crippen LogP contribution is -2.51. The minimum atomic E-state index is 0. The Kier molecular flexibility index (Phi) is 10.6. The molecule has 2 aliphatic heterocycles. The zero-order chi connectivity index (χ0) is 12.8. The van der Waals surface area contributed by atoms with Gasteiger partial charge < -0.3 is 15.0 Å². The first-order valence-electron chi connectivity index (χ1n) is 7.02. The molecule has 1 N–H and O–H groups in total. The summed E-state index contributed by atoms with van der Waals surface area (Å²) in [6.45, 7) is 7.47. The van der Waals surface area contributed by atoms with E-state index in [1.807, 2.05) is 0 Å². The Morgan fingerprint density at radius 3 is 2.30 bits per heavy atom. The van der Waals surface area contributed by atoms with Gasteiger partial charge in [-0.1, -0.05) is 0 Å². The second kappa shape index (κ2) is 10.6. The van der Waals surface area contributed by atoms with Crippen LogP contribution in [0.1, 0.15) is 12.8 Å². The molecule has 2 aliphatic rings. The molecular formula is C13H27Cl2N3O2. The molecule has 2 saturated heterocycles. The van der Waals surface area contributed by atoms with Crippen molar-refractivity contribution in [3.63, 3.8) is 0 Å². The third-order valence-corrected chi connectivity index (χ3v) is 3.98. The molecule has 7 heteroatoms. The maximum atomic E-state index is 12.3. The number of piperazine rings is 1. The van der Waals surface area contributed by atoms with Crippen LogP contribution in [-0.2, 0) is 9.53 Å². The smallest absolute Gasteiger partial charge is 0.225 e. The van der Waals surface area contributed by atoms with E-state index in [0.717, 1.165) is 65.3 Å². The molecule has 5 nitrogen and oxygen atoms in total. The first-order valence-corrected chi connectivity index (χ1v) is 7.02. The van der Waals surface area contributed by atoms with Gasteiger partial charge >= 0.3 is 0 Å². The summed E-state index contributed by atoms with van der Waals surface area (Å²) >= 11 is 0. The van der Waals surface area contributed by atoms with Crippen molar-refractivity contribution in [2.24, 2.45) is 5.92 Å². The van der Waals surface area contributed by atoms with Gasteiger partial charge in [-0.2, -0.15) is 0 Å². The lowest BCUT2D eigenvalue weighted by Gasteiger charge is -2.37. The van der Waals surface area contributed by atoms with Crippen molar-refractivity contribution < 1.29 is 9.53 Å². The summed E-state index contributed by atoms with van der Waals surface area (Å²) in [5, 5.41) is 3.31. The largest absolute Gasteiger partial charge is 0.383 e. The van der Waals surface area contributed by atoms with Crippen molar-refractivity contribution in [3.8, 4) is 0 Å². The first-order chi connectivity index (χ1) is 8.81. The number of nitrogens with zero attached hydrogens (tertiary/aromatic N) is 2. The van der Waals surface area contributed by atoms with Gasteiger partial charge in [-0.25, -0.2) is 0 Å². The number of hydrogen-bond donors (Lipinski definition) is 1. The first kappa shape index (κ1) is 19.9. The average Bonchev–Trinajstić information content (AvgIpc) is 2.46. The Balaban J connectivity index is 0.00000180. The normalized spacial score (nSPS) is 20.9. The van der Waals surface area contributed by atoms with Gasteiger partial charge in [0, 0.05) is 45.8 Å². The highest BCUT2D eigenvalue weighted by atomic mass is 35.5. The SMILES string of the molecule is COCCN1CCN(C(=O)C2CCNCC2)CC1.Cl.Cl. The van der Waals surface area contributed by atoms with Gasteiger partial charge in [0.15, 0.2) is 0 Å². The minimum Gasteiger partial charge on any atom is -0.383 e. The van der Waals surface area contributed by atoms with Gasteiger partial charge in [0.25, 0.3) is 0 Å². The molecule has 0 aromatic rings. The summed E-state index contributed by atoms with van der Waals surface area (Å²) in [7, 11) is 1.73. The fraction of sp³-hybridized carbons (Fsp3) is 0.923. The van der Waals surface area contributed by atoms with Gasteiger partial charge in [0.1, 0.15) is 0 Å². The number of rotatable bonds is 4. The number of ether oxygens (including phenoxy) is 1. The predicted octanol–water partition coefficient (Wildman–Crippen LogP) is 0.620. The molecule has 0 spiro atoms. The highest BCUT2D eigenvalue weighted by molar-refractivity contribution is 5.85. The van der Waals surface area contributed by atoms with E-state index in [4.69, 9.17) is 4.74 Å². The highest BCUT2D eigenvalue weighted by Gasteiger charge is 2.28. The van der Waals surface area contributed by atoms with E-state index in [1.165, 1.54) is 0 Å². The predicted molar refractivity (Wildman–Crippen MR) is 85.0 cm³/mol. The standard InChI is InChI=1S/C13H25N3O2.2ClH/c1-18-11-10-15-6-8-16(9-7-15)13(17)12-2-4-14-5-3-12;;/h12,14H,2-11H2,1H3;2*1H. The molecule has 0 saturated carbocycles. The van der Waals surface area contributed by atoms with Crippen LogP contribution in [0.5, 0.6) is 0 Å². The highest BCUT2D eigenvalue weighted by Crippen LogP contribution is 2.16. The van der Waals surface area contributed by atoms with Crippen LogP contribution >= 0.6 is 24.8 Å². The molecule has 0 aromatic carbocycles. The topological polar surface area (TPSA) is 44.8 Å². The van der Waals surface area contributed by atoms with Crippen molar-refractivity contribution in [2.75, 3.05) is 59.5 Å². The number of carbonyl (C=O) groups excluding carboxylic acids is 1. The van der Waals surface area contributed by atoms with Gasteiger partial charge in [0.05, 0.1) is 6.61 Å². The van der Waals surface area contributed by atoms with Crippen molar-refractivity contribution in [3.05, 3.63) is 0 Å².